The molecule has 0 aliphatic rings. The van der Waals surface area contributed by atoms with Crippen LogP contribution in [0.2, 0.25) is 0 Å². The van der Waals surface area contributed by atoms with Gasteiger partial charge in [0.1, 0.15) is 12.2 Å². The maximum absolute atomic E-state index is 12.1. The van der Waals surface area contributed by atoms with Crippen LogP contribution in [-0.4, -0.2) is 24.6 Å². The molecule has 0 saturated heterocycles. The van der Waals surface area contributed by atoms with Crippen LogP contribution in [0.5, 0.6) is 5.75 Å². The van der Waals surface area contributed by atoms with Crippen LogP contribution < -0.4 is 15.5 Å². The number of hydrazone groups is 1. The molecule has 27 heavy (non-hydrogen) atoms. The quantitative estimate of drug-likeness (QED) is 0.404. The Labute approximate surface area is 159 Å². The van der Waals surface area contributed by atoms with E-state index in [1.165, 1.54) is 6.21 Å². The van der Waals surface area contributed by atoms with Gasteiger partial charge in [-0.1, -0.05) is 44.2 Å². The fraction of sp³-hybridized carbons (Fsp3) is 0.286. The van der Waals surface area contributed by atoms with Crippen LogP contribution in [0.3, 0.4) is 0 Å². The minimum Gasteiger partial charge on any atom is -0.493 e. The van der Waals surface area contributed by atoms with Crippen LogP contribution in [-0.2, 0) is 16.0 Å². The minimum atomic E-state index is -0.482. The number of rotatable bonds is 9. The fourth-order valence-corrected chi connectivity index (χ4v) is 2.43. The first-order valence-corrected chi connectivity index (χ1v) is 9.05. The van der Waals surface area contributed by atoms with E-state index in [4.69, 9.17) is 4.74 Å². The fourth-order valence-electron chi connectivity index (χ4n) is 2.43. The number of anilines is 1. The van der Waals surface area contributed by atoms with Crippen molar-refractivity contribution in [2.24, 2.45) is 5.10 Å². The summed E-state index contributed by atoms with van der Waals surface area (Å²) >= 11 is 0. The van der Waals surface area contributed by atoms with Gasteiger partial charge in [0, 0.05) is 11.3 Å². The number of carbonyl (C=O) groups excluding carboxylic acids is 2. The Morgan fingerprint density at radius 2 is 1.78 bits per heavy atom. The molecule has 2 N–H and O–H groups in total. The molecule has 0 unspecified atom stereocenters. The number of hydrogen-bond acceptors (Lipinski definition) is 4. The Balaban J connectivity index is 1.87. The number of ether oxygens (including phenoxy) is 1. The van der Waals surface area contributed by atoms with E-state index in [9.17, 15) is 9.59 Å². The molecule has 2 aromatic rings. The average Bonchev–Trinajstić information content (AvgIpc) is 2.67. The van der Waals surface area contributed by atoms with Gasteiger partial charge in [-0.2, -0.15) is 5.10 Å². The maximum Gasteiger partial charge on any atom is 0.249 e. The molecule has 0 atom stereocenters. The van der Waals surface area contributed by atoms with Gasteiger partial charge in [-0.15, -0.1) is 0 Å². The zero-order valence-corrected chi connectivity index (χ0v) is 15.7. The molecule has 0 spiro atoms. The third-order valence-electron chi connectivity index (χ3n) is 3.77. The summed E-state index contributed by atoms with van der Waals surface area (Å²) in [5.41, 5.74) is 4.88. The lowest BCUT2D eigenvalue weighted by Gasteiger charge is -2.09. The summed E-state index contributed by atoms with van der Waals surface area (Å²) in [7, 11) is 0. The largest absolute Gasteiger partial charge is 0.493 e. The number of para-hydroxylation sites is 2. The molecule has 142 valence electrons. The summed E-state index contributed by atoms with van der Waals surface area (Å²) in [5.74, 6) is -0.161. The number of aryl methyl sites for hydroxylation is 1. The van der Waals surface area contributed by atoms with Crippen molar-refractivity contribution in [1.82, 2.24) is 5.43 Å². The van der Waals surface area contributed by atoms with Crippen LogP contribution in [0.25, 0.3) is 0 Å². The second-order valence-electron chi connectivity index (χ2n) is 5.92. The van der Waals surface area contributed by atoms with Crippen molar-refractivity contribution in [2.75, 3.05) is 11.9 Å². The van der Waals surface area contributed by atoms with Gasteiger partial charge >= 0.3 is 0 Å². The highest BCUT2D eigenvalue weighted by molar-refractivity contribution is 6.04. The first kappa shape index (κ1) is 20.2. The van der Waals surface area contributed by atoms with Gasteiger partial charge < -0.3 is 10.1 Å². The molecule has 0 fully saturated rings. The van der Waals surface area contributed by atoms with Crippen LogP contribution in [0.15, 0.2) is 53.6 Å². The number of benzene rings is 2. The van der Waals surface area contributed by atoms with Gasteiger partial charge in [-0.05, 0) is 36.6 Å². The molecule has 6 heteroatoms. The highest BCUT2D eigenvalue weighted by atomic mass is 16.5. The predicted octanol–water partition coefficient (Wildman–Crippen LogP) is 3.52. The molecule has 0 heterocycles. The summed E-state index contributed by atoms with van der Waals surface area (Å²) in [6.07, 6.45) is 2.90. The van der Waals surface area contributed by atoms with Crippen LogP contribution in [0.1, 0.15) is 37.8 Å². The summed E-state index contributed by atoms with van der Waals surface area (Å²) in [5, 5.41) is 6.68. The Hall–Kier alpha value is -3.15. The van der Waals surface area contributed by atoms with Crippen molar-refractivity contribution in [3.05, 3.63) is 59.7 Å². The number of carbonyl (C=O) groups is 2. The molecule has 0 aliphatic carbocycles. The Bertz CT molecular complexity index is 803. The Kier molecular flexibility index (Phi) is 8.03. The van der Waals surface area contributed by atoms with Gasteiger partial charge in [0.15, 0.2) is 0 Å². The molecule has 0 aromatic heterocycles. The number of hydrogen-bond donors (Lipinski definition) is 2. The van der Waals surface area contributed by atoms with Crippen molar-refractivity contribution in [3.8, 4) is 5.75 Å². The van der Waals surface area contributed by atoms with Crippen LogP contribution in [0, 0.1) is 0 Å². The SMILES string of the molecule is CCCOc1ccccc1C=NNC(=O)CC(=O)Nc1ccccc1CC. The van der Waals surface area contributed by atoms with Gasteiger partial charge in [0.05, 0.1) is 12.8 Å². The van der Waals surface area contributed by atoms with E-state index in [-0.39, 0.29) is 12.3 Å². The van der Waals surface area contributed by atoms with Crippen molar-refractivity contribution in [2.45, 2.75) is 33.1 Å². The van der Waals surface area contributed by atoms with Gasteiger partial charge in [-0.3, -0.25) is 9.59 Å². The van der Waals surface area contributed by atoms with E-state index in [0.29, 0.717) is 12.4 Å². The molecule has 0 aliphatic heterocycles. The summed E-state index contributed by atoms with van der Waals surface area (Å²) in [4.78, 5) is 24.0. The van der Waals surface area contributed by atoms with Crippen LogP contribution in [0.4, 0.5) is 5.69 Å². The lowest BCUT2D eigenvalue weighted by Crippen LogP contribution is -2.25. The van der Waals surface area contributed by atoms with E-state index >= 15 is 0 Å². The number of nitrogens with zero attached hydrogens (tertiary/aromatic N) is 1. The second-order valence-corrected chi connectivity index (χ2v) is 5.92. The third kappa shape index (κ3) is 6.58. The predicted molar refractivity (Wildman–Crippen MR) is 107 cm³/mol. The van der Waals surface area contributed by atoms with E-state index in [1.807, 2.05) is 62.4 Å². The van der Waals surface area contributed by atoms with Crippen molar-refractivity contribution in [1.29, 1.82) is 0 Å². The first-order chi connectivity index (χ1) is 13.1. The third-order valence-corrected chi connectivity index (χ3v) is 3.77. The molecule has 2 amide bonds. The molecular formula is C21H25N3O3. The maximum atomic E-state index is 12.1. The normalized spacial score (nSPS) is 10.6. The lowest BCUT2D eigenvalue weighted by atomic mass is 10.1. The molecule has 0 bridgehead atoms. The summed E-state index contributed by atoms with van der Waals surface area (Å²) < 4.78 is 5.63. The molecule has 6 nitrogen and oxygen atoms in total. The lowest BCUT2D eigenvalue weighted by molar-refractivity contribution is -0.126. The van der Waals surface area contributed by atoms with E-state index < -0.39 is 5.91 Å². The molecule has 2 aromatic carbocycles. The molecule has 0 saturated carbocycles. The smallest absolute Gasteiger partial charge is 0.249 e. The van der Waals surface area contributed by atoms with E-state index in [0.717, 1.165) is 29.7 Å². The van der Waals surface area contributed by atoms with Gasteiger partial charge in [0.25, 0.3) is 0 Å². The van der Waals surface area contributed by atoms with E-state index in [2.05, 4.69) is 15.8 Å². The van der Waals surface area contributed by atoms with Crippen LogP contribution >= 0.6 is 0 Å². The number of amides is 2. The summed E-state index contributed by atoms with van der Waals surface area (Å²) in [6, 6.07) is 14.9. The molecular weight excluding hydrogens is 342 g/mol. The van der Waals surface area contributed by atoms with Gasteiger partial charge in [-0.25, -0.2) is 5.43 Å². The first-order valence-electron chi connectivity index (χ1n) is 9.05. The Morgan fingerprint density at radius 1 is 1.04 bits per heavy atom. The molecule has 2 rings (SSSR count). The second kappa shape index (κ2) is 10.8. The monoisotopic (exact) mass is 367 g/mol. The highest BCUT2D eigenvalue weighted by Gasteiger charge is 2.10. The number of nitrogens with one attached hydrogen (secondary N) is 2. The average molecular weight is 367 g/mol. The van der Waals surface area contributed by atoms with Crippen molar-refractivity contribution >= 4 is 23.7 Å². The minimum absolute atomic E-state index is 0.302. The molecule has 0 radical (unpaired) electrons. The summed E-state index contributed by atoms with van der Waals surface area (Å²) in [6.45, 7) is 4.64. The topological polar surface area (TPSA) is 79.8 Å². The van der Waals surface area contributed by atoms with Crippen molar-refractivity contribution < 1.29 is 14.3 Å². The van der Waals surface area contributed by atoms with Gasteiger partial charge in [0.2, 0.25) is 11.8 Å². The highest BCUT2D eigenvalue weighted by Crippen LogP contribution is 2.16. The van der Waals surface area contributed by atoms with E-state index in [1.54, 1.807) is 0 Å². The van der Waals surface area contributed by atoms with Crippen molar-refractivity contribution in [3.63, 3.8) is 0 Å². The Morgan fingerprint density at radius 3 is 2.56 bits per heavy atom. The zero-order chi connectivity index (χ0) is 19.5. The standard InChI is InChI=1S/C21H25N3O3/c1-3-13-27-19-12-8-6-10-17(19)15-22-24-21(26)14-20(25)23-18-11-7-5-9-16(18)4-2/h5-12,15H,3-4,13-14H2,1-2H3,(H,23,25)(H,24,26). The zero-order valence-electron chi connectivity index (χ0n) is 15.7.